The molecule has 2 aromatic carbocycles. The molecule has 0 unspecified atom stereocenters. The van der Waals surface area contributed by atoms with Gasteiger partial charge in [-0.15, -0.1) is 0 Å². The van der Waals surface area contributed by atoms with Gasteiger partial charge < -0.3 is 5.32 Å². The smallest absolute Gasteiger partial charge is 0.243 e. The lowest BCUT2D eigenvalue weighted by molar-refractivity contribution is -0.116. The topological polar surface area (TPSA) is 83.5 Å². The predicted octanol–water partition coefficient (Wildman–Crippen LogP) is 3.46. The number of amides is 1. The standard InChI is InChI=1S/C21H24N2O4S/c24-20(17-7-3-1-4-8-17)13-14-21(25)22-18-9-11-19(12-10-18)28(26,27)23-15-5-2-6-16-23/h1,3-4,7-12H,2,5-6,13-16H2,(H,22,25). The molecule has 1 aliphatic heterocycles. The lowest BCUT2D eigenvalue weighted by Crippen LogP contribution is -2.35. The van der Waals surface area contributed by atoms with E-state index < -0.39 is 10.0 Å². The van der Waals surface area contributed by atoms with Gasteiger partial charge >= 0.3 is 0 Å². The molecule has 0 saturated carbocycles. The molecule has 1 fully saturated rings. The monoisotopic (exact) mass is 400 g/mol. The highest BCUT2D eigenvalue weighted by molar-refractivity contribution is 7.89. The average Bonchev–Trinajstić information content (AvgIpc) is 2.73. The Morgan fingerprint density at radius 3 is 2.14 bits per heavy atom. The van der Waals surface area contributed by atoms with Gasteiger partial charge in [-0.05, 0) is 37.1 Å². The highest BCUT2D eigenvalue weighted by atomic mass is 32.2. The van der Waals surface area contributed by atoms with Gasteiger partial charge in [0.1, 0.15) is 0 Å². The molecule has 0 aromatic heterocycles. The molecule has 0 aliphatic carbocycles. The first-order valence-corrected chi connectivity index (χ1v) is 10.9. The van der Waals surface area contributed by atoms with E-state index in [0.717, 1.165) is 19.3 Å². The van der Waals surface area contributed by atoms with Crippen LogP contribution in [-0.2, 0) is 14.8 Å². The molecule has 3 rings (SSSR count). The first-order valence-electron chi connectivity index (χ1n) is 9.45. The van der Waals surface area contributed by atoms with Crippen LogP contribution in [0.4, 0.5) is 5.69 Å². The summed E-state index contributed by atoms with van der Waals surface area (Å²) in [6, 6.07) is 15.0. The van der Waals surface area contributed by atoms with Crippen molar-refractivity contribution in [1.29, 1.82) is 0 Å². The minimum absolute atomic E-state index is 0.0710. The maximum absolute atomic E-state index is 12.6. The molecule has 148 valence electrons. The molecule has 1 amide bonds. The quantitative estimate of drug-likeness (QED) is 0.722. The molecule has 1 heterocycles. The van der Waals surface area contributed by atoms with Crippen LogP contribution in [-0.4, -0.2) is 37.5 Å². The largest absolute Gasteiger partial charge is 0.326 e. The van der Waals surface area contributed by atoms with Crippen LogP contribution in [0, 0.1) is 0 Å². The summed E-state index contributed by atoms with van der Waals surface area (Å²) in [5.41, 5.74) is 1.09. The van der Waals surface area contributed by atoms with Crippen LogP contribution in [0.25, 0.3) is 0 Å². The lowest BCUT2D eigenvalue weighted by Gasteiger charge is -2.25. The predicted molar refractivity (Wildman–Crippen MR) is 108 cm³/mol. The molecule has 1 aliphatic rings. The Bertz CT molecular complexity index is 919. The average molecular weight is 401 g/mol. The molecule has 2 aromatic rings. The van der Waals surface area contributed by atoms with Gasteiger partial charge in [-0.25, -0.2) is 8.42 Å². The summed E-state index contributed by atoms with van der Waals surface area (Å²) in [5.74, 6) is -0.366. The summed E-state index contributed by atoms with van der Waals surface area (Å²) in [6.45, 7) is 1.10. The van der Waals surface area contributed by atoms with Gasteiger partial charge in [0.2, 0.25) is 15.9 Å². The SMILES string of the molecule is O=C(CCC(=O)c1ccccc1)Nc1ccc(S(=O)(=O)N2CCCCC2)cc1. The summed E-state index contributed by atoms with van der Waals surface area (Å²) >= 11 is 0. The number of sulfonamides is 1. The molecular weight excluding hydrogens is 376 g/mol. The first kappa shape index (κ1) is 20.2. The number of nitrogens with one attached hydrogen (secondary N) is 1. The van der Waals surface area contributed by atoms with Gasteiger partial charge in [0.15, 0.2) is 5.78 Å². The van der Waals surface area contributed by atoms with Crippen molar-refractivity contribution in [3.63, 3.8) is 0 Å². The van der Waals surface area contributed by atoms with Gasteiger partial charge in [-0.2, -0.15) is 4.31 Å². The van der Waals surface area contributed by atoms with Crippen molar-refractivity contribution in [3.8, 4) is 0 Å². The zero-order valence-electron chi connectivity index (χ0n) is 15.6. The Kier molecular flexibility index (Phi) is 6.59. The summed E-state index contributed by atoms with van der Waals surface area (Å²) in [4.78, 5) is 24.4. The van der Waals surface area contributed by atoms with Crippen molar-refractivity contribution in [3.05, 3.63) is 60.2 Å². The van der Waals surface area contributed by atoms with E-state index >= 15 is 0 Å². The number of hydrogen-bond donors (Lipinski definition) is 1. The van der Waals surface area contributed by atoms with E-state index in [1.165, 1.54) is 16.4 Å². The van der Waals surface area contributed by atoms with E-state index in [9.17, 15) is 18.0 Å². The maximum atomic E-state index is 12.6. The summed E-state index contributed by atoms with van der Waals surface area (Å²) in [7, 11) is -3.48. The van der Waals surface area contributed by atoms with Crippen LogP contribution in [0.15, 0.2) is 59.5 Å². The number of anilines is 1. The number of ketones is 1. The number of hydrogen-bond acceptors (Lipinski definition) is 4. The number of carbonyl (C=O) groups is 2. The fourth-order valence-corrected chi connectivity index (χ4v) is 4.70. The number of carbonyl (C=O) groups excluding carboxylic acids is 2. The van der Waals surface area contributed by atoms with Crippen molar-refractivity contribution < 1.29 is 18.0 Å². The summed E-state index contributed by atoms with van der Waals surface area (Å²) in [6.07, 6.45) is 3.02. The molecule has 6 nitrogen and oxygen atoms in total. The molecule has 0 spiro atoms. The minimum atomic E-state index is -3.48. The highest BCUT2D eigenvalue weighted by Crippen LogP contribution is 2.22. The fourth-order valence-electron chi connectivity index (χ4n) is 3.18. The molecule has 7 heteroatoms. The van der Waals surface area contributed by atoms with Gasteiger partial charge in [-0.1, -0.05) is 36.8 Å². The third kappa shape index (κ3) is 5.05. The van der Waals surface area contributed by atoms with Gasteiger partial charge in [0.05, 0.1) is 4.90 Å². The van der Waals surface area contributed by atoms with Gasteiger partial charge in [0.25, 0.3) is 0 Å². The zero-order valence-corrected chi connectivity index (χ0v) is 16.5. The second-order valence-electron chi connectivity index (χ2n) is 6.83. The van der Waals surface area contributed by atoms with Crippen LogP contribution in [0.2, 0.25) is 0 Å². The number of Topliss-reactive ketones (excluding diaryl/α,β-unsaturated/α-hetero) is 1. The second-order valence-corrected chi connectivity index (χ2v) is 8.76. The van der Waals surface area contributed by atoms with Crippen LogP contribution >= 0.6 is 0 Å². The minimum Gasteiger partial charge on any atom is -0.326 e. The number of benzene rings is 2. The molecule has 28 heavy (non-hydrogen) atoms. The normalized spacial score (nSPS) is 15.1. The van der Waals surface area contributed by atoms with Gasteiger partial charge in [0, 0.05) is 37.2 Å². The second kappa shape index (κ2) is 9.12. The molecule has 0 radical (unpaired) electrons. The van der Waals surface area contributed by atoms with Crippen LogP contribution in [0.1, 0.15) is 42.5 Å². The van der Waals surface area contributed by atoms with E-state index in [2.05, 4.69) is 5.32 Å². The van der Waals surface area contributed by atoms with E-state index in [-0.39, 0.29) is 29.4 Å². The Labute approximate surface area is 165 Å². The van der Waals surface area contributed by atoms with Crippen molar-refractivity contribution >= 4 is 27.4 Å². The lowest BCUT2D eigenvalue weighted by atomic mass is 10.1. The van der Waals surface area contributed by atoms with E-state index in [0.29, 0.717) is 24.3 Å². The third-order valence-corrected chi connectivity index (χ3v) is 6.68. The Hall–Kier alpha value is -2.51. The van der Waals surface area contributed by atoms with E-state index in [1.807, 2.05) is 6.07 Å². The Morgan fingerprint density at radius 1 is 0.857 bits per heavy atom. The maximum Gasteiger partial charge on any atom is 0.243 e. The van der Waals surface area contributed by atoms with Crippen LogP contribution in [0.5, 0.6) is 0 Å². The van der Waals surface area contributed by atoms with Crippen molar-refractivity contribution in [2.45, 2.75) is 37.0 Å². The van der Waals surface area contributed by atoms with Crippen molar-refractivity contribution in [2.24, 2.45) is 0 Å². The number of rotatable bonds is 7. The molecular formula is C21H24N2O4S. The van der Waals surface area contributed by atoms with Gasteiger partial charge in [-0.3, -0.25) is 9.59 Å². The summed E-state index contributed by atoms with van der Waals surface area (Å²) in [5, 5.41) is 2.71. The van der Waals surface area contributed by atoms with Crippen LogP contribution < -0.4 is 5.32 Å². The summed E-state index contributed by atoms with van der Waals surface area (Å²) < 4.78 is 26.8. The number of nitrogens with zero attached hydrogens (tertiary/aromatic N) is 1. The Balaban J connectivity index is 1.55. The molecule has 0 atom stereocenters. The van der Waals surface area contributed by atoms with Crippen molar-refractivity contribution in [2.75, 3.05) is 18.4 Å². The zero-order chi connectivity index (χ0) is 20.0. The molecule has 1 saturated heterocycles. The highest BCUT2D eigenvalue weighted by Gasteiger charge is 2.25. The molecule has 0 bridgehead atoms. The van der Waals surface area contributed by atoms with Crippen LogP contribution in [0.3, 0.4) is 0 Å². The van der Waals surface area contributed by atoms with Crippen molar-refractivity contribution in [1.82, 2.24) is 4.31 Å². The number of piperidine rings is 1. The third-order valence-electron chi connectivity index (χ3n) is 4.77. The van der Waals surface area contributed by atoms with E-state index in [1.54, 1.807) is 36.4 Å². The fraction of sp³-hybridized carbons (Fsp3) is 0.333. The van der Waals surface area contributed by atoms with E-state index in [4.69, 9.17) is 0 Å². The Morgan fingerprint density at radius 2 is 1.50 bits per heavy atom. The first-order chi connectivity index (χ1) is 13.5. The molecule has 1 N–H and O–H groups in total.